The number of rotatable bonds is 4. The van der Waals surface area contributed by atoms with Crippen LogP contribution in [0.1, 0.15) is 12.0 Å². The largest absolute Gasteiger partial charge is 0.493 e. The third-order valence-electron chi connectivity index (χ3n) is 1.99. The van der Waals surface area contributed by atoms with E-state index < -0.39 is 0 Å². The van der Waals surface area contributed by atoms with Crippen molar-refractivity contribution in [2.45, 2.75) is 12.8 Å². The van der Waals surface area contributed by atoms with E-state index in [9.17, 15) is 4.39 Å². The van der Waals surface area contributed by atoms with Gasteiger partial charge < -0.3 is 10.5 Å². The van der Waals surface area contributed by atoms with E-state index >= 15 is 0 Å². The zero-order valence-corrected chi connectivity index (χ0v) is 9.60. The predicted octanol–water partition coefficient (Wildman–Crippen LogP) is 2.49. The summed E-state index contributed by atoms with van der Waals surface area (Å²) >= 11 is 3.36. The van der Waals surface area contributed by atoms with Crippen molar-refractivity contribution in [1.29, 1.82) is 0 Å². The number of ether oxygens (including phenoxy) is 1. The van der Waals surface area contributed by atoms with Crippen LogP contribution < -0.4 is 10.5 Å². The van der Waals surface area contributed by atoms with Crippen LogP contribution >= 0.6 is 15.9 Å². The lowest BCUT2D eigenvalue weighted by Gasteiger charge is -2.10. The molecule has 0 aliphatic carbocycles. The molecule has 14 heavy (non-hydrogen) atoms. The van der Waals surface area contributed by atoms with Gasteiger partial charge in [0, 0.05) is 10.0 Å². The fourth-order valence-electron chi connectivity index (χ4n) is 1.31. The van der Waals surface area contributed by atoms with Crippen LogP contribution in [0.25, 0.3) is 0 Å². The molecule has 0 saturated heterocycles. The first-order chi connectivity index (χ1) is 6.70. The summed E-state index contributed by atoms with van der Waals surface area (Å²) in [6.07, 6.45) is 1.54. The molecule has 1 aromatic carbocycles. The lowest BCUT2D eigenvalue weighted by Crippen LogP contribution is -2.03. The molecule has 0 spiro atoms. The van der Waals surface area contributed by atoms with Gasteiger partial charge in [0.2, 0.25) is 0 Å². The first kappa shape index (κ1) is 11.5. The predicted molar refractivity (Wildman–Crippen MR) is 58.0 cm³/mol. The molecular weight excluding hydrogens is 249 g/mol. The van der Waals surface area contributed by atoms with E-state index in [0.717, 1.165) is 22.9 Å². The Morgan fingerprint density at radius 1 is 1.50 bits per heavy atom. The highest BCUT2D eigenvalue weighted by Crippen LogP contribution is 2.30. The van der Waals surface area contributed by atoms with E-state index in [1.165, 1.54) is 13.2 Å². The van der Waals surface area contributed by atoms with Gasteiger partial charge in [-0.25, -0.2) is 4.39 Å². The second-order valence-electron chi connectivity index (χ2n) is 2.93. The zero-order valence-electron chi connectivity index (χ0n) is 8.02. The Bertz CT molecular complexity index is 317. The van der Waals surface area contributed by atoms with Crippen LogP contribution in [-0.2, 0) is 6.42 Å². The highest BCUT2D eigenvalue weighted by molar-refractivity contribution is 9.10. The first-order valence-corrected chi connectivity index (χ1v) is 5.21. The molecule has 0 bridgehead atoms. The summed E-state index contributed by atoms with van der Waals surface area (Å²) in [6.45, 7) is 0.589. The molecule has 0 unspecified atom stereocenters. The Hall–Kier alpha value is -0.610. The van der Waals surface area contributed by atoms with Gasteiger partial charge in [-0.3, -0.25) is 0 Å². The van der Waals surface area contributed by atoms with E-state index in [2.05, 4.69) is 15.9 Å². The smallest absolute Gasteiger partial charge is 0.165 e. The maximum absolute atomic E-state index is 13.3. The summed E-state index contributed by atoms with van der Waals surface area (Å²) < 4.78 is 19.2. The van der Waals surface area contributed by atoms with Gasteiger partial charge in [-0.15, -0.1) is 0 Å². The molecule has 0 aromatic heterocycles. The quantitative estimate of drug-likeness (QED) is 0.904. The van der Waals surface area contributed by atoms with Gasteiger partial charge in [0.1, 0.15) is 0 Å². The highest BCUT2D eigenvalue weighted by Gasteiger charge is 2.11. The van der Waals surface area contributed by atoms with Gasteiger partial charge in [-0.05, 0) is 31.5 Å². The van der Waals surface area contributed by atoms with E-state index in [0.29, 0.717) is 12.3 Å². The Morgan fingerprint density at radius 3 is 2.79 bits per heavy atom. The molecule has 0 aliphatic rings. The minimum absolute atomic E-state index is 0.313. The first-order valence-electron chi connectivity index (χ1n) is 4.41. The summed E-state index contributed by atoms with van der Waals surface area (Å²) in [7, 11) is 1.47. The van der Waals surface area contributed by atoms with Gasteiger partial charge in [-0.1, -0.05) is 15.9 Å². The molecule has 0 atom stereocenters. The van der Waals surface area contributed by atoms with Crippen molar-refractivity contribution in [1.82, 2.24) is 0 Å². The third kappa shape index (κ3) is 2.45. The molecule has 2 nitrogen and oxygen atoms in total. The molecule has 2 N–H and O–H groups in total. The van der Waals surface area contributed by atoms with Crippen LogP contribution in [0, 0.1) is 5.82 Å². The van der Waals surface area contributed by atoms with Gasteiger partial charge in [-0.2, -0.15) is 0 Å². The van der Waals surface area contributed by atoms with Crippen molar-refractivity contribution < 1.29 is 9.13 Å². The maximum Gasteiger partial charge on any atom is 0.165 e. The molecular formula is C10H13BrFNO. The minimum Gasteiger partial charge on any atom is -0.493 e. The Balaban J connectivity index is 3.03. The van der Waals surface area contributed by atoms with Crippen molar-refractivity contribution in [3.63, 3.8) is 0 Å². The third-order valence-corrected chi connectivity index (χ3v) is 2.73. The van der Waals surface area contributed by atoms with Crippen molar-refractivity contribution in [3.05, 3.63) is 28.0 Å². The number of nitrogens with two attached hydrogens (primary N) is 1. The Morgan fingerprint density at radius 2 is 2.21 bits per heavy atom. The monoisotopic (exact) mass is 261 g/mol. The van der Waals surface area contributed by atoms with Crippen LogP contribution in [0.2, 0.25) is 0 Å². The highest BCUT2D eigenvalue weighted by atomic mass is 79.9. The molecule has 78 valence electrons. The van der Waals surface area contributed by atoms with Crippen LogP contribution in [0.5, 0.6) is 5.75 Å². The Kier molecular flexibility index (Phi) is 4.35. The average molecular weight is 262 g/mol. The van der Waals surface area contributed by atoms with Crippen molar-refractivity contribution >= 4 is 15.9 Å². The SMILES string of the molecule is COc1c(F)ccc(Br)c1CCCN. The summed E-state index contributed by atoms with van der Waals surface area (Å²) in [5, 5.41) is 0. The van der Waals surface area contributed by atoms with Gasteiger partial charge in [0.05, 0.1) is 7.11 Å². The van der Waals surface area contributed by atoms with E-state index in [4.69, 9.17) is 10.5 Å². The number of halogens is 2. The summed E-state index contributed by atoms with van der Waals surface area (Å²) in [5.41, 5.74) is 6.25. The number of benzene rings is 1. The lowest BCUT2D eigenvalue weighted by molar-refractivity contribution is 0.380. The fraction of sp³-hybridized carbons (Fsp3) is 0.400. The summed E-state index contributed by atoms with van der Waals surface area (Å²) in [5.74, 6) is -0.0180. The van der Waals surface area contributed by atoms with Gasteiger partial charge in [0.15, 0.2) is 11.6 Å². The van der Waals surface area contributed by atoms with Crippen LogP contribution in [0.4, 0.5) is 4.39 Å². The molecule has 0 heterocycles. The zero-order chi connectivity index (χ0) is 10.6. The van der Waals surface area contributed by atoms with Gasteiger partial charge in [0.25, 0.3) is 0 Å². The average Bonchev–Trinajstić information content (AvgIpc) is 2.19. The van der Waals surface area contributed by atoms with Crippen molar-refractivity contribution in [2.24, 2.45) is 5.73 Å². The standard InChI is InChI=1S/C10H13BrFNO/c1-14-10-7(3-2-6-13)8(11)4-5-9(10)12/h4-5H,2-3,6,13H2,1H3. The van der Waals surface area contributed by atoms with Crippen LogP contribution in [0.15, 0.2) is 16.6 Å². The summed E-state index contributed by atoms with van der Waals surface area (Å²) in [4.78, 5) is 0. The second kappa shape index (κ2) is 5.32. The Labute approximate surface area is 91.4 Å². The van der Waals surface area contributed by atoms with E-state index in [1.807, 2.05) is 0 Å². The molecule has 0 fully saturated rings. The van der Waals surface area contributed by atoms with Crippen LogP contribution in [0.3, 0.4) is 0 Å². The van der Waals surface area contributed by atoms with E-state index in [1.54, 1.807) is 6.07 Å². The van der Waals surface area contributed by atoms with Crippen LogP contribution in [-0.4, -0.2) is 13.7 Å². The number of methoxy groups -OCH3 is 1. The normalized spacial score (nSPS) is 10.3. The molecule has 0 amide bonds. The van der Waals surface area contributed by atoms with Gasteiger partial charge >= 0.3 is 0 Å². The molecule has 1 aromatic rings. The van der Waals surface area contributed by atoms with Crippen molar-refractivity contribution in [2.75, 3.05) is 13.7 Å². The lowest BCUT2D eigenvalue weighted by atomic mass is 10.1. The molecule has 1 rings (SSSR count). The topological polar surface area (TPSA) is 35.2 Å². The molecule has 0 aliphatic heterocycles. The fourth-order valence-corrected chi connectivity index (χ4v) is 1.82. The second-order valence-corrected chi connectivity index (χ2v) is 3.79. The minimum atomic E-state index is -0.331. The maximum atomic E-state index is 13.3. The molecule has 0 saturated carbocycles. The number of hydrogen-bond acceptors (Lipinski definition) is 2. The number of hydrogen-bond donors (Lipinski definition) is 1. The summed E-state index contributed by atoms with van der Waals surface area (Å²) in [6, 6.07) is 3.07. The molecule has 4 heteroatoms. The molecule has 0 radical (unpaired) electrons. The van der Waals surface area contributed by atoms with Crippen molar-refractivity contribution in [3.8, 4) is 5.75 Å². The van der Waals surface area contributed by atoms with E-state index in [-0.39, 0.29) is 5.82 Å².